The summed E-state index contributed by atoms with van der Waals surface area (Å²) in [6.45, 7) is 2.00. The molecule has 2 N–H and O–H groups in total. The Bertz CT molecular complexity index is 1120. The average Bonchev–Trinajstić information content (AvgIpc) is 3.05. The number of aromatic nitrogens is 1. The lowest BCUT2D eigenvalue weighted by Gasteiger charge is -2.35. The van der Waals surface area contributed by atoms with E-state index in [4.69, 9.17) is 22.1 Å². The molecule has 0 spiro atoms. The highest BCUT2D eigenvalue weighted by molar-refractivity contribution is 8.13. The Labute approximate surface area is 189 Å². The van der Waals surface area contributed by atoms with Gasteiger partial charge in [-0.05, 0) is 36.8 Å². The van der Waals surface area contributed by atoms with Crippen LogP contribution in [0.5, 0.6) is 0 Å². The normalized spacial score (nSPS) is 26.1. The fourth-order valence-electron chi connectivity index (χ4n) is 3.95. The SMILES string of the molecule is CC1OCC2(c3cc(/C=C(\F)c4ncc(C(F)(F)F)cc4Cl)ccc3F)N=C(N)SCC12. The van der Waals surface area contributed by atoms with Gasteiger partial charge in [0, 0.05) is 23.4 Å². The number of fused-ring (bicyclic) bond motifs is 1. The second-order valence-electron chi connectivity index (χ2n) is 7.59. The Morgan fingerprint density at radius 2 is 2.09 bits per heavy atom. The van der Waals surface area contributed by atoms with Crippen molar-refractivity contribution in [2.45, 2.75) is 24.7 Å². The molecule has 0 aliphatic carbocycles. The van der Waals surface area contributed by atoms with Gasteiger partial charge in [-0.25, -0.2) is 13.8 Å². The predicted octanol–water partition coefficient (Wildman–Crippen LogP) is 5.65. The molecule has 3 unspecified atom stereocenters. The topological polar surface area (TPSA) is 60.5 Å². The summed E-state index contributed by atoms with van der Waals surface area (Å²) in [6, 6.07) is 4.56. The molecule has 2 aromatic rings. The molecule has 0 saturated carbocycles. The van der Waals surface area contributed by atoms with Gasteiger partial charge in [-0.2, -0.15) is 13.2 Å². The molecule has 32 heavy (non-hydrogen) atoms. The number of ether oxygens (including phenoxy) is 1. The van der Waals surface area contributed by atoms with Crippen LogP contribution in [-0.2, 0) is 16.5 Å². The lowest BCUT2D eigenvalue weighted by Crippen LogP contribution is -2.41. The maximum Gasteiger partial charge on any atom is 0.417 e. The van der Waals surface area contributed by atoms with Crippen LogP contribution in [0.15, 0.2) is 35.5 Å². The maximum absolute atomic E-state index is 14.9. The van der Waals surface area contributed by atoms with Gasteiger partial charge >= 0.3 is 6.18 Å². The quantitative estimate of drug-likeness (QED) is 0.566. The Morgan fingerprint density at radius 3 is 2.78 bits per heavy atom. The summed E-state index contributed by atoms with van der Waals surface area (Å²) in [5.74, 6) is -1.05. The van der Waals surface area contributed by atoms with Gasteiger partial charge < -0.3 is 10.5 Å². The lowest BCUT2D eigenvalue weighted by atomic mass is 9.78. The van der Waals surface area contributed by atoms with Gasteiger partial charge in [0.05, 0.1) is 23.3 Å². The van der Waals surface area contributed by atoms with Gasteiger partial charge in [0.1, 0.15) is 17.1 Å². The molecule has 1 fully saturated rings. The highest BCUT2D eigenvalue weighted by Gasteiger charge is 2.52. The molecule has 3 heterocycles. The van der Waals surface area contributed by atoms with Gasteiger partial charge in [0.2, 0.25) is 0 Å². The van der Waals surface area contributed by atoms with Crippen LogP contribution in [0.4, 0.5) is 22.0 Å². The predicted molar refractivity (Wildman–Crippen MR) is 114 cm³/mol. The minimum absolute atomic E-state index is 0.124. The van der Waals surface area contributed by atoms with Crippen molar-refractivity contribution < 1.29 is 26.7 Å². The number of rotatable bonds is 3. The summed E-state index contributed by atoms with van der Waals surface area (Å²) < 4.78 is 73.9. The van der Waals surface area contributed by atoms with Gasteiger partial charge in [0.15, 0.2) is 11.0 Å². The van der Waals surface area contributed by atoms with Crippen LogP contribution in [-0.4, -0.2) is 28.6 Å². The number of thioether (sulfide) groups is 1. The Balaban J connectivity index is 1.74. The van der Waals surface area contributed by atoms with Gasteiger partial charge in [-0.15, -0.1) is 0 Å². The van der Waals surface area contributed by atoms with Crippen LogP contribution in [0.2, 0.25) is 5.02 Å². The van der Waals surface area contributed by atoms with Crippen molar-refractivity contribution in [2.75, 3.05) is 12.4 Å². The van der Waals surface area contributed by atoms with Crippen molar-refractivity contribution in [3.8, 4) is 0 Å². The average molecular weight is 490 g/mol. The number of benzene rings is 1. The minimum Gasteiger partial charge on any atom is -0.379 e. The summed E-state index contributed by atoms with van der Waals surface area (Å²) in [4.78, 5) is 8.03. The second kappa shape index (κ2) is 8.31. The van der Waals surface area contributed by atoms with E-state index in [0.29, 0.717) is 23.2 Å². The molecular formula is C21H17ClF5N3OS. The number of alkyl halides is 3. The lowest BCUT2D eigenvalue weighted by molar-refractivity contribution is -0.137. The van der Waals surface area contributed by atoms with Crippen LogP contribution in [0.1, 0.15) is 29.3 Å². The molecule has 170 valence electrons. The number of nitrogens with two attached hydrogens (primary N) is 1. The van der Waals surface area contributed by atoms with Gasteiger partial charge in [0.25, 0.3) is 0 Å². The summed E-state index contributed by atoms with van der Waals surface area (Å²) in [5.41, 5.74) is 3.82. The van der Waals surface area contributed by atoms with Crippen LogP contribution in [0.3, 0.4) is 0 Å². The fourth-order valence-corrected chi connectivity index (χ4v) is 5.33. The highest BCUT2D eigenvalue weighted by Crippen LogP contribution is 2.48. The standard InChI is InChI=1S/C21H17ClF5N3OS/c1-10-14-8-32-19(28)30-20(14,9-31-10)13-4-11(2-3-16(13)23)5-17(24)18-15(22)6-12(7-29-18)21(25,26)27/h2-7,10,14H,8-9H2,1H3,(H2,28,30)/b17-5-. The zero-order valence-electron chi connectivity index (χ0n) is 16.6. The van der Waals surface area contributed by atoms with Crippen molar-refractivity contribution in [3.05, 3.63) is 63.7 Å². The molecule has 11 heteroatoms. The zero-order chi connectivity index (χ0) is 23.3. The van der Waals surface area contributed by atoms with Crippen molar-refractivity contribution in [1.82, 2.24) is 4.98 Å². The smallest absolute Gasteiger partial charge is 0.379 e. The van der Waals surface area contributed by atoms with Crippen LogP contribution in [0.25, 0.3) is 11.9 Å². The number of nitrogens with zero attached hydrogens (tertiary/aromatic N) is 2. The molecule has 3 atom stereocenters. The summed E-state index contributed by atoms with van der Waals surface area (Å²) >= 11 is 7.19. The number of hydrogen-bond acceptors (Lipinski definition) is 5. The van der Waals surface area contributed by atoms with Crippen molar-refractivity contribution >= 4 is 40.4 Å². The van der Waals surface area contributed by atoms with E-state index in [1.54, 1.807) is 0 Å². The molecule has 4 nitrogen and oxygen atoms in total. The van der Waals surface area contributed by atoms with Crippen LogP contribution in [0, 0.1) is 11.7 Å². The monoisotopic (exact) mass is 489 g/mol. The van der Waals surface area contributed by atoms with Crippen molar-refractivity contribution in [1.29, 1.82) is 0 Å². The third-order valence-corrected chi connectivity index (χ3v) is 6.81. The third-order valence-electron chi connectivity index (χ3n) is 5.61. The van der Waals surface area contributed by atoms with E-state index in [0.717, 1.165) is 6.08 Å². The summed E-state index contributed by atoms with van der Waals surface area (Å²) in [5, 5.41) is -0.180. The third kappa shape index (κ3) is 4.11. The van der Waals surface area contributed by atoms with E-state index in [1.807, 2.05) is 6.92 Å². The first-order valence-corrected chi connectivity index (χ1v) is 10.9. The molecule has 0 amide bonds. The molecule has 4 rings (SSSR count). The second-order valence-corrected chi connectivity index (χ2v) is 9.04. The van der Waals surface area contributed by atoms with E-state index >= 15 is 0 Å². The number of amidine groups is 1. The summed E-state index contributed by atoms with van der Waals surface area (Å²) in [7, 11) is 0. The first-order chi connectivity index (χ1) is 15.0. The number of aliphatic imine (C=N–C) groups is 1. The van der Waals surface area contributed by atoms with Crippen molar-refractivity contribution in [2.24, 2.45) is 16.6 Å². The van der Waals surface area contributed by atoms with Crippen LogP contribution < -0.4 is 5.73 Å². The van der Waals surface area contributed by atoms with E-state index in [2.05, 4.69) is 9.98 Å². The number of hydrogen-bond donors (Lipinski definition) is 1. The molecule has 1 saturated heterocycles. The number of halogens is 6. The van der Waals surface area contributed by atoms with Gasteiger partial charge in [-0.1, -0.05) is 29.4 Å². The molecule has 0 radical (unpaired) electrons. The van der Waals surface area contributed by atoms with E-state index in [1.165, 1.54) is 30.0 Å². The minimum atomic E-state index is -4.65. The Kier molecular flexibility index (Phi) is 5.98. The van der Waals surface area contributed by atoms with E-state index in [-0.39, 0.29) is 29.8 Å². The molecule has 1 aromatic carbocycles. The van der Waals surface area contributed by atoms with E-state index in [9.17, 15) is 22.0 Å². The number of pyridine rings is 1. The molecule has 2 aliphatic heterocycles. The fraction of sp³-hybridized carbons (Fsp3) is 0.333. The zero-order valence-corrected chi connectivity index (χ0v) is 18.2. The molecule has 0 bridgehead atoms. The maximum atomic E-state index is 14.9. The molecule has 1 aromatic heterocycles. The first-order valence-electron chi connectivity index (χ1n) is 9.51. The Hall–Kier alpha value is -2.17. The summed E-state index contributed by atoms with van der Waals surface area (Å²) in [6.07, 6.45) is -3.30. The molecular weight excluding hydrogens is 473 g/mol. The van der Waals surface area contributed by atoms with Crippen LogP contribution >= 0.6 is 23.4 Å². The first kappa shape index (κ1) is 23.0. The highest BCUT2D eigenvalue weighted by atomic mass is 35.5. The molecule has 2 aliphatic rings. The van der Waals surface area contributed by atoms with Gasteiger partial charge in [-0.3, -0.25) is 4.98 Å². The van der Waals surface area contributed by atoms with Crippen molar-refractivity contribution in [3.63, 3.8) is 0 Å². The Morgan fingerprint density at radius 1 is 1.34 bits per heavy atom. The largest absolute Gasteiger partial charge is 0.417 e. The van der Waals surface area contributed by atoms with E-state index < -0.39 is 39.6 Å².